The largest absolute Gasteiger partial charge is 0.440 e. The highest BCUT2D eigenvalue weighted by molar-refractivity contribution is 5.95. The van der Waals surface area contributed by atoms with Crippen LogP contribution in [0.2, 0.25) is 0 Å². The SMILES string of the molecule is CC(=O)Nc1ccc(C(=O)NN=Cc2ccc(N3CCCCC3)o2)cc1. The van der Waals surface area contributed by atoms with E-state index in [2.05, 4.69) is 20.7 Å². The molecule has 2 amide bonds. The number of nitrogens with zero attached hydrogens (tertiary/aromatic N) is 2. The van der Waals surface area contributed by atoms with E-state index >= 15 is 0 Å². The molecule has 2 aromatic rings. The van der Waals surface area contributed by atoms with Crippen LogP contribution in [0.15, 0.2) is 45.9 Å². The quantitative estimate of drug-likeness (QED) is 0.638. The van der Waals surface area contributed by atoms with Crippen molar-refractivity contribution in [2.75, 3.05) is 23.3 Å². The van der Waals surface area contributed by atoms with E-state index in [1.165, 1.54) is 32.4 Å². The van der Waals surface area contributed by atoms with Crippen LogP contribution in [0.25, 0.3) is 0 Å². The Morgan fingerprint density at radius 3 is 2.50 bits per heavy atom. The number of piperidine rings is 1. The predicted octanol–water partition coefficient (Wildman–Crippen LogP) is 2.99. The van der Waals surface area contributed by atoms with Gasteiger partial charge in [0.05, 0.1) is 6.21 Å². The molecule has 3 rings (SSSR count). The molecular formula is C19H22N4O3. The summed E-state index contributed by atoms with van der Waals surface area (Å²) in [7, 11) is 0. The van der Waals surface area contributed by atoms with Crippen LogP contribution in [0, 0.1) is 0 Å². The number of hydrogen-bond donors (Lipinski definition) is 2. The van der Waals surface area contributed by atoms with E-state index in [0.717, 1.165) is 19.0 Å². The fourth-order valence-corrected chi connectivity index (χ4v) is 2.82. The number of carbonyl (C=O) groups is 2. The highest BCUT2D eigenvalue weighted by atomic mass is 16.4. The Labute approximate surface area is 152 Å². The number of amides is 2. The smallest absolute Gasteiger partial charge is 0.271 e. The van der Waals surface area contributed by atoms with Crippen molar-refractivity contribution in [3.63, 3.8) is 0 Å². The second kappa shape index (κ2) is 8.33. The highest BCUT2D eigenvalue weighted by Gasteiger charge is 2.13. The van der Waals surface area contributed by atoms with Crippen LogP contribution in [0.1, 0.15) is 42.3 Å². The van der Waals surface area contributed by atoms with Crippen LogP contribution in [-0.4, -0.2) is 31.1 Å². The summed E-state index contributed by atoms with van der Waals surface area (Å²) >= 11 is 0. The van der Waals surface area contributed by atoms with Gasteiger partial charge in [-0.1, -0.05) is 0 Å². The molecule has 0 bridgehead atoms. The molecule has 2 heterocycles. The third-order valence-electron chi connectivity index (χ3n) is 4.11. The Hall–Kier alpha value is -3.09. The lowest BCUT2D eigenvalue weighted by atomic mass is 10.1. The van der Waals surface area contributed by atoms with Gasteiger partial charge in [0.2, 0.25) is 5.91 Å². The molecule has 2 N–H and O–H groups in total. The third-order valence-corrected chi connectivity index (χ3v) is 4.11. The van der Waals surface area contributed by atoms with Crippen LogP contribution >= 0.6 is 0 Å². The van der Waals surface area contributed by atoms with E-state index in [0.29, 0.717) is 17.0 Å². The number of nitrogens with one attached hydrogen (secondary N) is 2. The van der Waals surface area contributed by atoms with Crippen molar-refractivity contribution >= 4 is 29.6 Å². The molecule has 0 saturated carbocycles. The number of rotatable bonds is 5. The molecule has 1 aliphatic heterocycles. The first-order valence-corrected chi connectivity index (χ1v) is 8.68. The zero-order valence-corrected chi connectivity index (χ0v) is 14.7. The van der Waals surface area contributed by atoms with E-state index in [4.69, 9.17) is 4.42 Å². The van der Waals surface area contributed by atoms with Crippen LogP contribution in [-0.2, 0) is 4.79 Å². The van der Waals surface area contributed by atoms with Gasteiger partial charge in [-0.15, -0.1) is 0 Å². The second-order valence-electron chi connectivity index (χ2n) is 6.18. The number of benzene rings is 1. The van der Waals surface area contributed by atoms with Gasteiger partial charge >= 0.3 is 0 Å². The Kier molecular flexibility index (Phi) is 5.68. The summed E-state index contributed by atoms with van der Waals surface area (Å²) in [5, 5.41) is 6.59. The topological polar surface area (TPSA) is 86.9 Å². The fraction of sp³-hybridized carbons (Fsp3) is 0.316. The first-order chi connectivity index (χ1) is 12.6. The van der Waals surface area contributed by atoms with Gasteiger partial charge in [-0.3, -0.25) is 9.59 Å². The van der Waals surface area contributed by atoms with Crippen molar-refractivity contribution < 1.29 is 14.0 Å². The molecule has 7 nitrogen and oxygen atoms in total. The van der Waals surface area contributed by atoms with Crippen LogP contribution in [0.4, 0.5) is 11.6 Å². The summed E-state index contributed by atoms with van der Waals surface area (Å²) < 4.78 is 5.75. The summed E-state index contributed by atoms with van der Waals surface area (Å²) in [5.41, 5.74) is 3.55. The highest BCUT2D eigenvalue weighted by Crippen LogP contribution is 2.21. The van der Waals surface area contributed by atoms with Gasteiger partial charge in [0.25, 0.3) is 5.91 Å². The molecule has 1 saturated heterocycles. The Morgan fingerprint density at radius 1 is 1.08 bits per heavy atom. The second-order valence-corrected chi connectivity index (χ2v) is 6.18. The molecule has 0 unspecified atom stereocenters. The molecule has 0 spiro atoms. The summed E-state index contributed by atoms with van der Waals surface area (Å²) in [4.78, 5) is 25.3. The maximum atomic E-state index is 12.1. The first-order valence-electron chi connectivity index (χ1n) is 8.68. The predicted molar refractivity (Wildman–Crippen MR) is 101 cm³/mol. The van der Waals surface area contributed by atoms with Crippen molar-refractivity contribution in [1.29, 1.82) is 0 Å². The minimum Gasteiger partial charge on any atom is -0.440 e. The fourth-order valence-electron chi connectivity index (χ4n) is 2.82. The zero-order valence-electron chi connectivity index (χ0n) is 14.7. The number of anilines is 2. The summed E-state index contributed by atoms with van der Waals surface area (Å²) in [5.74, 6) is 0.936. The number of carbonyl (C=O) groups excluding carboxylic acids is 2. The van der Waals surface area contributed by atoms with Crippen molar-refractivity contribution in [3.8, 4) is 0 Å². The molecule has 26 heavy (non-hydrogen) atoms. The minimum absolute atomic E-state index is 0.158. The number of hydrazone groups is 1. The van der Waals surface area contributed by atoms with Gasteiger partial charge in [-0.2, -0.15) is 5.10 Å². The first kappa shape index (κ1) is 17.7. The molecule has 1 fully saturated rings. The molecule has 1 aromatic heterocycles. The van der Waals surface area contributed by atoms with E-state index in [1.807, 2.05) is 12.1 Å². The molecule has 0 radical (unpaired) electrons. The average molecular weight is 354 g/mol. The summed E-state index contributed by atoms with van der Waals surface area (Å²) in [6.07, 6.45) is 5.11. The van der Waals surface area contributed by atoms with Gasteiger partial charge < -0.3 is 14.6 Å². The van der Waals surface area contributed by atoms with Crippen molar-refractivity contribution in [3.05, 3.63) is 47.7 Å². The van der Waals surface area contributed by atoms with Gasteiger partial charge in [0.1, 0.15) is 5.76 Å². The summed E-state index contributed by atoms with van der Waals surface area (Å²) in [6, 6.07) is 10.3. The molecule has 7 heteroatoms. The summed E-state index contributed by atoms with van der Waals surface area (Å²) in [6.45, 7) is 3.45. The van der Waals surface area contributed by atoms with Crippen LogP contribution < -0.4 is 15.6 Å². The molecule has 0 atom stereocenters. The molecule has 0 aliphatic carbocycles. The van der Waals surface area contributed by atoms with Crippen molar-refractivity contribution in [1.82, 2.24) is 5.43 Å². The van der Waals surface area contributed by atoms with Gasteiger partial charge in [-0.25, -0.2) is 5.43 Å². The van der Waals surface area contributed by atoms with Gasteiger partial charge in [0.15, 0.2) is 5.88 Å². The van der Waals surface area contributed by atoms with Crippen LogP contribution in [0.3, 0.4) is 0 Å². The lowest BCUT2D eigenvalue weighted by Gasteiger charge is -2.25. The van der Waals surface area contributed by atoms with E-state index < -0.39 is 0 Å². The molecule has 1 aliphatic rings. The van der Waals surface area contributed by atoms with E-state index in [1.54, 1.807) is 24.3 Å². The molecule has 1 aromatic carbocycles. The average Bonchev–Trinajstić information content (AvgIpc) is 3.11. The maximum absolute atomic E-state index is 12.1. The van der Waals surface area contributed by atoms with Gasteiger partial charge in [0, 0.05) is 37.3 Å². The van der Waals surface area contributed by atoms with Gasteiger partial charge in [-0.05, 0) is 49.6 Å². The van der Waals surface area contributed by atoms with E-state index in [9.17, 15) is 9.59 Å². The molecular weight excluding hydrogens is 332 g/mol. The van der Waals surface area contributed by atoms with Crippen molar-refractivity contribution in [2.45, 2.75) is 26.2 Å². The molecule has 136 valence electrons. The maximum Gasteiger partial charge on any atom is 0.271 e. The Bertz CT molecular complexity index is 789. The minimum atomic E-state index is -0.335. The monoisotopic (exact) mass is 354 g/mol. The number of furan rings is 1. The lowest BCUT2D eigenvalue weighted by molar-refractivity contribution is -0.114. The standard InChI is InChI=1S/C19H22N4O3/c1-14(24)21-16-7-5-15(6-8-16)19(25)22-20-13-17-9-10-18(26-17)23-11-3-2-4-12-23/h5-10,13H,2-4,11-12H2,1H3,(H,21,24)(H,22,25). The Morgan fingerprint density at radius 2 is 1.81 bits per heavy atom. The lowest BCUT2D eigenvalue weighted by Crippen LogP contribution is -2.28. The van der Waals surface area contributed by atoms with Crippen molar-refractivity contribution in [2.24, 2.45) is 5.10 Å². The van der Waals surface area contributed by atoms with E-state index in [-0.39, 0.29) is 11.8 Å². The third kappa shape index (κ3) is 4.72. The van der Waals surface area contributed by atoms with Crippen LogP contribution in [0.5, 0.6) is 0 Å². The number of hydrogen-bond acceptors (Lipinski definition) is 5. The normalized spacial score (nSPS) is 14.4. The zero-order chi connectivity index (χ0) is 18.4. The Balaban J connectivity index is 1.54.